The number of aromatic nitrogens is 2. The molecule has 0 bridgehead atoms. The van der Waals surface area contributed by atoms with Gasteiger partial charge in [0.15, 0.2) is 5.82 Å². The Morgan fingerprint density at radius 1 is 0.230 bits per heavy atom. The van der Waals surface area contributed by atoms with Crippen LogP contribution in [0.3, 0.4) is 0 Å². The van der Waals surface area contributed by atoms with E-state index in [4.69, 9.17) is 9.97 Å². The minimum atomic E-state index is -0.425. The average molecular weight is 775 g/mol. The van der Waals surface area contributed by atoms with Crippen molar-refractivity contribution in [2.24, 2.45) is 0 Å². The zero-order valence-electron chi connectivity index (χ0n) is 33.3. The highest BCUT2D eigenvalue weighted by Crippen LogP contribution is 2.63. The van der Waals surface area contributed by atoms with E-state index in [-0.39, 0.29) is 0 Å². The first kappa shape index (κ1) is 35.0. The van der Waals surface area contributed by atoms with Gasteiger partial charge >= 0.3 is 0 Å². The van der Waals surface area contributed by atoms with Gasteiger partial charge < -0.3 is 0 Å². The van der Waals surface area contributed by atoms with E-state index < -0.39 is 5.41 Å². The van der Waals surface area contributed by atoms with Crippen molar-refractivity contribution in [1.29, 1.82) is 0 Å². The van der Waals surface area contributed by atoms with Gasteiger partial charge in [0.2, 0.25) is 0 Å². The van der Waals surface area contributed by atoms with Crippen LogP contribution in [-0.2, 0) is 5.41 Å². The van der Waals surface area contributed by atoms with E-state index in [1.54, 1.807) is 0 Å². The zero-order chi connectivity index (χ0) is 40.3. The standard InChI is InChI=1S/C59H38N2/c1-4-17-39(18-5-1)44-23-16-24-45(35-44)57-38-56(60-58(61-57)43-21-8-3-9-22-43)42-33-31-41(32-34-42)50-37-55-51(36-49(50)40-19-6-2-7-20-40)48-27-12-15-30-54(48)59(55)52-28-13-10-25-46(52)47-26-11-14-29-53(47)59/h1-38H. The molecule has 0 radical (unpaired) electrons. The molecule has 2 aliphatic carbocycles. The van der Waals surface area contributed by atoms with Gasteiger partial charge in [0, 0.05) is 16.7 Å². The Labute approximate surface area is 356 Å². The van der Waals surface area contributed by atoms with E-state index in [2.05, 4.69) is 212 Å². The Morgan fingerprint density at radius 2 is 0.656 bits per heavy atom. The van der Waals surface area contributed by atoms with Crippen LogP contribution >= 0.6 is 0 Å². The van der Waals surface area contributed by atoms with Gasteiger partial charge in [0.25, 0.3) is 0 Å². The van der Waals surface area contributed by atoms with Gasteiger partial charge in [-0.25, -0.2) is 9.97 Å². The zero-order valence-corrected chi connectivity index (χ0v) is 33.3. The fraction of sp³-hybridized carbons (Fsp3) is 0.0169. The van der Waals surface area contributed by atoms with E-state index in [1.807, 2.05) is 18.2 Å². The molecule has 0 unspecified atom stereocenters. The smallest absolute Gasteiger partial charge is 0.160 e. The summed E-state index contributed by atoms with van der Waals surface area (Å²) in [4.78, 5) is 10.3. The van der Waals surface area contributed by atoms with Gasteiger partial charge in [-0.1, -0.05) is 206 Å². The van der Waals surface area contributed by atoms with Crippen molar-refractivity contribution in [3.63, 3.8) is 0 Å². The molecule has 9 aromatic carbocycles. The molecule has 0 saturated carbocycles. The van der Waals surface area contributed by atoms with Crippen LogP contribution in [0.15, 0.2) is 231 Å². The largest absolute Gasteiger partial charge is 0.228 e. The van der Waals surface area contributed by atoms with E-state index in [0.29, 0.717) is 5.82 Å². The summed E-state index contributed by atoms with van der Waals surface area (Å²) in [7, 11) is 0. The summed E-state index contributed by atoms with van der Waals surface area (Å²) in [5.74, 6) is 0.703. The molecule has 1 heterocycles. The molecular weight excluding hydrogens is 737 g/mol. The lowest BCUT2D eigenvalue weighted by Gasteiger charge is -2.31. The lowest BCUT2D eigenvalue weighted by Crippen LogP contribution is -2.25. The quantitative estimate of drug-likeness (QED) is 0.168. The summed E-state index contributed by atoms with van der Waals surface area (Å²) in [6.07, 6.45) is 0. The molecule has 0 saturated heterocycles. The molecule has 0 atom stereocenters. The molecule has 0 aliphatic heterocycles. The third-order valence-corrected chi connectivity index (χ3v) is 12.7. The SMILES string of the molecule is c1ccc(-c2cccc(-c3cc(-c4ccc(-c5cc6c(cc5-c5ccccc5)-c5ccccc5C65c6ccccc6-c6ccccc65)cc4)nc(-c4ccccc4)n3)c2)cc1. The van der Waals surface area contributed by atoms with Crippen molar-refractivity contribution in [2.75, 3.05) is 0 Å². The van der Waals surface area contributed by atoms with E-state index >= 15 is 0 Å². The van der Waals surface area contributed by atoms with Crippen molar-refractivity contribution in [2.45, 2.75) is 5.41 Å². The Morgan fingerprint density at radius 3 is 1.26 bits per heavy atom. The van der Waals surface area contributed by atoms with Crippen LogP contribution in [0.4, 0.5) is 0 Å². The van der Waals surface area contributed by atoms with Crippen molar-refractivity contribution in [3.05, 3.63) is 253 Å². The highest BCUT2D eigenvalue weighted by molar-refractivity contribution is 5.99. The van der Waals surface area contributed by atoms with Crippen LogP contribution in [0.1, 0.15) is 22.3 Å². The number of fused-ring (bicyclic) bond motifs is 10. The van der Waals surface area contributed by atoms with Gasteiger partial charge in [-0.2, -0.15) is 0 Å². The fourth-order valence-electron chi connectivity index (χ4n) is 10.0. The predicted octanol–water partition coefficient (Wildman–Crippen LogP) is 14.8. The molecule has 2 nitrogen and oxygen atoms in total. The molecule has 1 spiro atoms. The second kappa shape index (κ2) is 14.1. The lowest BCUT2D eigenvalue weighted by molar-refractivity contribution is 0.794. The van der Waals surface area contributed by atoms with E-state index in [1.165, 1.54) is 66.8 Å². The van der Waals surface area contributed by atoms with Crippen molar-refractivity contribution in [1.82, 2.24) is 9.97 Å². The summed E-state index contributed by atoms with van der Waals surface area (Å²) in [6.45, 7) is 0. The van der Waals surface area contributed by atoms with Gasteiger partial charge in [-0.15, -0.1) is 0 Å². The first-order chi connectivity index (χ1) is 30.2. The maximum Gasteiger partial charge on any atom is 0.160 e. The van der Waals surface area contributed by atoms with E-state index in [9.17, 15) is 0 Å². The van der Waals surface area contributed by atoms with Crippen LogP contribution < -0.4 is 0 Å². The molecule has 0 fully saturated rings. The summed E-state index contributed by atoms with van der Waals surface area (Å²) in [5.41, 5.74) is 22.1. The minimum Gasteiger partial charge on any atom is -0.228 e. The summed E-state index contributed by atoms with van der Waals surface area (Å²) < 4.78 is 0. The first-order valence-electron chi connectivity index (χ1n) is 21.0. The number of nitrogens with zero attached hydrogens (tertiary/aromatic N) is 2. The summed E-state index contributed by atoms with van der Waals surface area (Å²) in [6, 6.07) is 83.4. The molecule has 2 heteroatoms. The topological polar surface area (TPSA) is 25.8 Å². The highest BCUT2D eigenvalue weighted by Gasteiger charge is 2.51. The molecule has 0 amide bonds. The average Bonchev–Trinajstić information content (AvgIpc) is 3.81. The van der Waals surface area contributed by atoms with Crippen LogP contribution in [-0.4, -0.2) is 9.97 Å². The maximum atomic E-state index is 5.20. The van der Waals surface area contributed by atoms with Gasteiger partial charge in [0.05, 0.1) is 16.8 Å². The predicted molar refractivity (Wildman–Crippen MR) is 251 cm³/mol. The van der Waals surface area contributed by atoms with Gasteiger partial charge in [-0.05, 0) is 102 Å². The molecule has 0 N–H and O–H groups in total. The van der Waals surface area contributed by atoms with E-state index in [0.717, 1.165) is 39.2 Å². The summed E-state index contributed by atoms with van der Waals surface area (Å²) >= 11 is 0. The van der Waals surface area contributed by atoms with Crippen LogP contribution in [0, 0.1) is 0 Å². The van der Waals surface area contributed by atoms with Crippen LogP contribution in [0.2, 0.25) is 0 Å². The Kier molecular flexibility index (Phi) is 8.11. The molecule has 1 aromatic heterocycles. The Bertz CT molecular complexity index is 3230. The fourth-order valence-corrected chi connectivity index (χ4v) is 10.0. The van der Waals surface area contributed by atoms with Crippen molar-refractivity contribution < 1.29 is 0 Å². The molecule has 284 valence electrons. The Balaban J connectivity index is 1.03. The number of hydrogen-bond donors (Lipinski definition) is 0. The normalized spacial score (nSPS) is 12.7. The molecule has 61 heavy (non-hydrogen) atoms. The first-order valence-corrected chi connectivity index (χ1v) is 21.0. The second-order valence-corrected chi connectivity index (χ2v) is 16.0. The number of hydrogen-bond acceptors (Lipinski definition) is 2. The highest BCUT2D eigenvalue weighted by atomic mass is 14.9. The maximum absolute atomic E-state index is 5.20. The minimum absolute atomic E-state index is 0.425. The van der Waals surface area contributed by atoms with Gasteiger partial charge in [-0.3, -0.25) is 0 Å². The number of rotatable bonds is 6. The van der Waals surface area contributed by atoms with Crippen LogP contribution in [0.5, 0.6) is 0 Å². The van der Waals surface area contributed by atoms with Crippen LogP contribution in [0.25, 0.3) is 89.5 Å². The molecule has 2 aliphatic rings. The molecular formula is C59H38N2. The monoisotopic (exact) mass is 774 g/mol. The Hall–Kier alpha value is -7.94. The second-order valence-electron chi connectivity index (χ2n) is 16.0. The van der Waals surface area contributed by atoms with Crippen molar-refractivity contribution in [3.8, 4) is 89.5 Å². The third-order valence-electron chi connectivity index (χ3n) is 12.7. The lowest BCUT2D eigenvalue weighted by atomic mass is 9.70. The number of benzene rings is 9. The van der Waals surface area contributed by atoms with Gasteiger partial charge in [0.1, 0.15) is 0 Å². The molecule has 10 aromatic rings. The summed E-state index contributed by atoms with van der Waals surface area (Å²) in [5, 5.41) is 0. The van der Waals surface area contributed by atoms with Crippen molar-refractivity contribution >= 4 is 0 Å². The molecule has 12 rings (SSSR count). The third kappa shape index (κ3) is 5.57.